The maximum absolute atomic E-state index is 11.8. The van der Waals surface area contributed by atoms with Crippen LogP contribution in [-0.2, 0) is 9.53 Å². The van der Waals surface area contributed by atoms with Gasteiger partial charge in [0, 0.05) is 11.6 Å². The Balaban J connectivity index is 3.35. The quantitative estimate of drug-likeness (QED) is 0.741. The highest BCUT2D eigenvalue weighted by Gasteiger charge is 2.25. The van der Waals surface area contributed by atoms with Crippen molar-refractivity contribution in [2.45, 2.75) is 19.3 Å². The van der Waals surface area contributed by atoms with Crippen LogP contribution in [0.15, 0.2) is 12.1 Å². The Morgan fingerprint density at radius 1 is 1.00 bits per heavy atom. The van der Waals surface area contributed by atoms with Crippen molar-refractivity contribution in [3.05, 3.63) is 17.7 Å². The van der Waals surface area contributed by atoms with E-state index in [0.29, 0.717) is 23.7 Å². The number of hydrogen-bond acceptors (Lipinski definition) is 5. The molecule has 0 saturated heterocycles. The number of rotatable bonds is 6. The average molecular weight is 268 g/mol. The molecule has 0 N–H and O–H groups in total. The summed E-state index contributed by atoms with van der Waals surface area (Å²) in [5.74, 6) is 1.01. The van der Waals surface area contributed by atoms with Crippen LogP contribution in [0.25, 0.3) is 0 Å². The fourth-order valence-corrected chi connectivity index (χ4v) is 1.98. The summed E-state index contributed by atoms with van der Waals surface area (Å²) in [6.07, 6.45) is 0.610. The number of ether oxygens (including phenoxy) is 4. The third kappa shape index (κ3) is 3.10. The average Bonchev–Trinajstić information content (AvgIpc) is 2.46. The first-order chi connectivity index (χ1) is 9.12. The highest BCUT2D eigenvalue weighted by molar-refractivity contribution is 5.79. The highest BCUT2D eigenvalue weighted by atomic mass is 16.5. The number of carbonyl (C=O) groups excluding carboxylic acids is 1. The SMILES string of the molecule is CCC(C(=O)OC)c1cc(OC)c(OC)cc1OC. The summed E-state index contributed by atoms with van der Waals surface area (Å²) in [6.45, 7) is 1.91. The summed E-state index contributed by atoms with van der Waals surface area (Å²) in [5, 5.41) is 0. The normalized spacial score (nSPS) is 11.6. The molecule has 0 fully saturated rings. The van der Waals surface area contributed by atoms with E-state index in [4.69, 9.17) is 18.9 Å². The van der Waals surface area contributed by atoms with Crippen LogP contribution in [0.1, 0.15) is 24.8 Å². The van der Waals surface area contributed by atoms with E-state index >= 15 is 0 Å². The minimum atomic E-state index is -0.389. The molecule has 5 heteroatoms. The smallest absolute Gasteiger partial charge is 0.313 e. The molecule has 1 rings (SSSR count). The minimum absolute atomic E-state index is 0.298. The van der Waals surface area contributed by atoms with Crippen LogP contribution in [0.5, 0.6) is 17.2 Å². The second kappa shape index (κ2) is 6.87. The predicted molar refractivity (Wildman–Crippen MR) is 71.1 cm³/mol. The van der Waals surface area contributed by atoms with Gasteiger partial charge in [0.25, 0.3) is 0 Å². The van der Waals surface area contributed by atoms with Crippen LogP contribution in [0.4, 0.5) is 0 Å². The van der Waals surface area contributed by atoms with Gasteiger partial charge in [0.2, 0.25) is 0 Å². The number of carbonyl (C=O) groups is 1. The van der Waals surface area contributed by atoms with Gasteiger partial charge in [-0.1, -0.05) is 6.92 Å². The first-order valence-corrected chi connectivity index (χ1v) is 6.00. The van der Waals surface area contributed by atoms with Crippen molar-refractivity contribution in [2.75, 3.05) is 28.4 Å². The Labute approximate surface area is 113 Å². The summed E-state index contributed by atoms with van der Waals surface area (Å²) in [5.41, 5.74) is 0.731. The van der Waals surface area contributed by atoms with Crippen molar-refractivity contribution in [1.82, 2.24) is 0 Å². The molecule has 106 valence electrons. The highest BCUT2D eigenvalue weighted by Crippen LogP contribution is 2.39. The van der Waals surface area contributed by atoms with Gasteiger partial charge in [-0.05, 0) is 12.5 Å². The largest absolute Gasteiger partial charge is 0.496 e. The zero-order valence-corrected chi connectivity index (χ0v) is 12.0. The van der Waals surface area contributed by atoms with E-state index in [-0.39, 0.29) is 11.9 Å². The van der Waals surface area contributed by atoms with Gasteiger partial charge >= 0.3 is 5.97 Å². The van der Waals surface area contributed by atoms with Gasteiger partial charge in [-0.2, -0.15) is 0 Å². The number of hydrogen-bond donors (Lipinski definition) is 0. The molecule has 1 atom stereocenters. The molecule has 0 aliphatic carbocycles. The molecule has 0 heterocycles. The molecule has 1 aromatic rings. The predicted octanol–water partition coefficient (Wildman–Crippen LogP) is 2.38. The summed E-state index contributed by atoms with van der Waals surface area (Å²) in [4.78, 5) is 11.8. The zero-order valence-electron chi connectivity index (χ0n) is 12.0. The Morgan fingerprint density at radius 3 is 1.95 bits per heavy atom. The molecule has 19 heavy (non-hydrogen) atoms. The zero-order chi connectivity index (χ0) is 14.4. The lowest BCUT2D eigenvalue weighted by Gasteiger charge is -2.19. The first-order valence-electron chi connectivity index (χ1n) is 6.00. The monoisotopic (exact) mass is 268 g/mol. The fourth-order valence-electron chi connectivity index (χ4n) is 1.98. The third-order valence-electron chi connectivity index (χ3n) is 3.01. The van der Waals surface area contributed by atoms with Gasteiger partial charge in [-0.25, -0.2) is 0 Å². The molecule has 0 aliphatic heterocycles. The number of benzene rings is 1. The van der Waals surface area contributed by atoms with Crippen molar-refractivity contribution in [3.63, 3.8) is 0 Å². The minimum Gasteiger partial charge on any atom is -0.496 e. The van der Waals surface area contributed by atoms with E-state index in [9.17, 15) is 4.79 Å². The summed E-state index contributed by atoms with van der Waals surface area (Å²) in [6, 6.07) is 3.46. The van der Waals surface area contributed by atoms with E-state index in [1.807, 2.05) is 6.92 Å². The molecular weight excluding hydrogens is 248 g/mol. The lowest BCUT2D eigenvalue weighted by Crippen LogP contribution is -2.14. The molecule has 0 radical (unpaired) electrons. The Kier molecular flexibility index (Phi) is 5.48. The molecular formula is C14H20O5. The maximum atomic E-state index is 11.8. The summed E-state index contributed by atoms with van der Waals surface area (Å²) in [7, 11) is 6.02. The van der Waals surface area contributed by atoms with Crippen LogP contribution in [0.3, 0.4) is 0 Å². The Hall–Kier alpha value is -1.91. The van der Waals surface area contributed by atoms with E-state index in [0.717, 1.165) is 5.56 Å². The van der Waals surface area contributed by atoms with E-state index in [2.05, 4.69) is 0 Å². The van der Waals surface area contributed by atoms with Crippen molar-refractivity contribution in [2.24, 2.45) is 0 Å². The van der Waals surface area contributed by atoms with Crippen LogP contribution in [0.2, 0.25) is 0 Å². The van der Waals surface area contributed by atoms with Gasteiger partial charge in [0.05, 0.1) is 34.4 Å². The van der Waals surface area contributed by atoms with E-state index < -0.39 is 0 Å². The van der Waals surface area contributed by atoms with Crippen LogP contribution < -0.4 is 14.2 Å². The number of esters is 1. The number of methoxy groups -OCH3 is 4. The standard InChI is InChI=1S/C14H20O5/c1-6-9(14(15)19-5)10-7-12(17-3)13(18-4)8-11(10)16-2/h7-9H,6H2,1-5H3. The van der Waals surface area contributed by atoms with Crippen LogP contribution >= 0.6 is 0 Å². The maximum Gasteiger partial charge on any atom is 0.313 e. The van der Waals surface area contributed by atoms with Crippen molar-refractivity contribution < 1.29 is 23.7 Å². The molecule has 1 aromatic carbocycles. The lowest BCUT2D eigenvalue weighted by atomic mass is 9.95. The van der Waals surface area contributed by atoms with Gasteiger partial charge < -0.3 is 18.9 Å². The van der Waals surface area contributed by atoms with E-state index in [1.165, 1.54) is 7.11 Å². The molecule has 0 amide bonds. The molecule has 0 aromatic heterocycles. The summed E-state index contributed by atoms with van der Waals surface area (Å²) >= 11 is 0. The molecule has 0 saturated carbocycles. The van der Waals surface area contributed by atoms with Crippen LogP contribution in [-0.4, -0.2) is 34.4 Å². The Morgan fingerprint density at radius 2 is 1.53 bits per heavy atom. The fraction of sp³-hybridized carbons (Fsp3) is 0.500. The Bertz CT molecular complexity index is 442. The van der Waals surface area contributed by atoms with Gasteiger partial charge in [-0.15, -0.1) is 0 Å². The first kappa shape index (κ1) is 15.1. The second-order valence-corrected chi connectivity index (χ2v) is 3.93. The molecule has 0 bridgehead atoms. The third-order valence-corrected chi connectivity index (χ3v) is 3.01. The van der Waals surface area contributed by atoms with Crippen molar-refractivity contribution in [3.8, 4) is 17.2 Å². The van der Waals surface area contributed by atoms with Gasteiger partial charge in [-0.3, -0.25) is 4.79 Å². The molecule has 1 unspecified atom stereocenters. The molecule has 5 nitrogen and oxygen atoms in total. The van der Waals surface area contributed by atoms with Crippen LogP contribution in [0, 0.1) is 0 Å². The van der Waals surface area contributed by atoms with Crippen molar-refractivity contribution >= 4 is 5.97 Å². The molecule has 0 spiro atoms. The summed E-state index contributed by atoms with van der Waals surface area (Å²) < 4.78 is 20.6. The van der Waals surface area contributed by atoms with Gasteiger partial charge in [0.1, 0.15) is 5.75 Å². The molecule has 0 aliphatic rings. The van der Waals surface area contributed by atoms with Crippen molar-refractivity contribution in [1.29, 1.82) is 0 Å². The van der Waals surface area contributed by atoms with Gasteiger partial charge in [0.15, 0.2) is 11.5 Å². The lowest BCUT2D eigenvalue weighted by molar-refractivity contribution is -0.142. The van der Waals surface area contributed by atoms with E-state index in [1.54, 1.807) is 33.5 Å². The topological polar surface area (TPSA) is 54.0 Å². The second-order valence-electron chi connectivity index (χ2n) is 3.93.